The third kappa shape index (κ3) is 3.20. The molecule has 1 aromatic rings. The van der Waals surface area contributed by atoms with Gasteiger partial charge in [0.05, 0.1) is 4.92 Å². The minimum Gasteiger partial charge on any atom is -0.383 e. The Bertz CT molecular complexity index is 377. The molecule has 0 atom stereocenters. The van der Waals surface area contributed by atoms with E-state index in [1.54, 1.807) is 19.2 Å². The summed E-state index contributed by atoms with van der Waals surface area (Å²) in [7, 11) is 1.67. The monoisotopic (exact) mass is 223 g/mol. The van der Waals surface area contributed by atoms with Crippen LogP contribution in [0.15, 0.2) is 18.2 Å². The van der Waals surface area contributed by atoms with Gasteiger partial charge in [-0.25, -0.2) is 0 Å². The zero-order chi connectivity index (χ0) is 12.1. The fraction of sp³-hybridized carbons (Fsp3) is 0.455. The Morgan fingerprint density at radius 2 is 2.12 bits per heavy atom. The average molecular weight is 223 g/mol. The third-order valence-corrected chi connectivity index (χ3v) is 2.24. The highest BCUT2D eigenvalue weighted by Crippen LogP contribution is 2.24. The Morgan fingerprint density at radius 1 is 1.44 bits per heavy atom. The van der Waals surface area contributed by atoms with Crippen molar-refractivity contribution in [3.05, 3.63) is 33.9 Å². The van der Waals surface area contributed by atoms with Crippen molar-refractivity contribution < 1.29 is 4.92 Å². The molecular formula is C11H17N3O2. The number of nitro benzene ring substituents is 1. The molecule has 1 aromatic carbocycles. The van der Waals surface area contributed by atoms with E-state index in [0.717, 1.165) is 5.56 Å². The molecular weight excluding hydrogens is 206 g/mol. The summed E-state index contributed by atoms with van der Waals surface area (Å²) in [5.41, 5.74) is 1.57. The fourth-order valence-electron chi connectivity index (χ4n) is 1.37. The quantitative estimate of drug-likeness (QED) is 0.592. The molecule has 5 heteroatoms. The van der Waals surface area contributed by atoms with Gasteiger partial charge in [-0.05, 0) is 11.6 Å². The molecule has 0 unspecified atom stereocenters. The smallest absolute Gasteiger partial charge is 0.292 e. The highest BCUT2D eigenvalue weighted by molar-refractivity contribution is 5.62. The largest absolute Gasteiger partial charge is 0.383 e. The third-order valence-electron chi connectivity index (χ3n) is 2.24. The summed E-state index contributed by atoms with van der Waals surface area (Å²) < 4.78 is 0. The maximum Gasteiger partial charge on any atom is 0.292 e. The number of hydrogen-bond donors (Lipinski definition) is 2. The van der Waals surface area contributed by atoms with Gasteiger partial charge in [-0.1, -0.05) is 19.9 Å². The van der Waals surface area contributed by atoms with Crippen LogP contribution in [0, 0.1) is 10.1 Å². The molecule has 2 N–H and O–H groups in total. The van der Waals surface area contributed by atoms with Gasteiger partial charge in [0.1, 0.15) is 5.69 Å². The molecule has 0 radical (unpaired) electrons. The molecule has 0 bridgehead atoms. The van der Waals surface area contributed by atoms with Gasteiger partial charge in [-0.2, -0.15) is 0 Å². The Labute approximate surface area is 95.0 Å². The molecule has 0 saturated carbocycles. The summed E-state index contributed by atoms with van der Waals surface area (Å²) >= 11 is 0. The summed E-state index contributed by atoms with van der Waals surface area (Å²) in [4.78, 5) is 10.4. The van der Waals surface area contributed by atoms with Crippen molar-refractivity contribution >= 4 is 11.4 Å². The number of hydrogen-bond acceptors (Lipinski definition) is 4. The topological polar surface area (TPSA) is 67.2 Å². The predicted octanol–water partition coefficient (Wildman–Crippen LogP) is 2.13. The summed E-state index contributed by atoms with van der Waals surface area (Å²) in [5.74, 6) is 0. The van der Waals surface area contributed by atoms with E-state index < -0.39 is 0 Å². The van der Waals surface area contributed by atoms with Crippen LogP contribution in [-0.2, 0) is 6.54 Å². The molecule has 1 rings (SSSR count). The van der Waals surface area contributed by atoms with Crippen molar-refractivity contribution in [2.45, 2.75) is 26.4 Å². The standard InChI is InChI=1S/C11H17N3O2/c1-8(2)13-7-9-4-5-10(12-3)11(6-9)14(15)16/h4-6,8,12-13H,7H2,1-3H3. The van der Waals surface area contributed by atoms with Crippen LogP contribution < -0.4 is 10.6 Å². The first-order valence-corrected chi connectivity index (χ1v) is 5.23. The first-order valence-electron chi connectivity index (χ1n) is 5.23. The van der Waals surface area contributed by atoms with E-state index in [4.69, 9.17) is 0 Å². The lowest BCUT2D eigenvalue weighted by atomic mass is 10.1. The Kier molecular flexibility index (Phi) is 4.25. The van der Waals surface area contributed by atoms with Gasteiger partial charge >= 0.3 is 0 Å². The van der Waals surface area contributed by atoms with Gasteiger partial charge < -0.3 is 10.6 Å². The van der Waals surface area contributed by atoms with Gasteiger partial charge in [0.15, 0.2) is 0 Å². The number of rotatable bonds is 5. The van der Waals surface area contributed by atoms with E-state index in [9.17, 15) is 10.1 Å². The Morgan fingerprint density at radius 3 is 2.62 bits per heavy atom. The maximum atomic E-state index is 10.8. The second-order valence-electron chi connectivity index (χ2n) is 3.89. The molecule has 5 nitrogen and oxygen atoms in total. The van der Waals surface area contributed by atoms with Crippen LogP contribution in [0.25, 0.3) is 0 Å². The molecule has 0 amide bonds. The van der Waals surface area contributed by atoms with E-state index in [-0.39, 0.29) is 10.6 Å². The van der Waals surface area contributed by atoms with Crippen molar-refractivity contribution in [1.29, 1.82) is 0 Å². The van der Waals surface area contributed by atoms with Gasteiger partial charge in [-0.15, -0.1) is 0 Å². The number of benzene rings is 1. The molecule has 0 aliphatic rings. The minimum atomic E-state index is -0.370. The van der Waals surface area contributed by atoms with Crippen molar-refractivity contribution in [2.24, 2.45) is 0 Å². The molecule has 0 fully saturated rings. The first-order chi connectivity index (χ1) is 7.54. The highest BCUT2D eigenvalue weighted by Gasteiger charge is 2.13. The number of nitrogens with one attached hydrogen (secondary N) is 2. The van der Waals surface area contributed by atoms with Crippen molar-refractivity contribution in [1.82, 2.24) is 5.32 Å². The van der Waals surface area contributed by atoms with E-state index in [1.807, 2.05) is 19.9 Å². The summed E-state index contributed by atoms with van der Waals surface area (Å²) in [5, 5.41) is 16.8. The van der Waals surface area contributed by atoms with Gasteiger partial charge in [0.2, 0.25) is 0 Å². The SMILES string of the molecule is CNc1ccc(CNC(C)C)cc1[N+](=O)[O-]. The summed E-state index contributed by atoms with van der Waals surface area (Å²) in [6.07, 6.45) is 0. The maximum absolute atomic E-state index is 10.8. The number of anilines is 1. The molecule has 0 saturated heterocycles. The van der Waals surface area contributed by atoms with Crippen LogP contribution in [-0.4, -0.2) is 18.0 Å². The second-order valence-corrected chi connectivity index (χ2v) is 3.89. The first kappa shape index (κ1) is 12.4. The molecule has 0 aromatic heterocycles. The number of nitro groups is 1. The molecule has 88 valence electrons. The van der Waals surface area contributed by atoms with Crippen LogP contribution in [0.5, 0.6) is 0 Å². The zero-order valence-corrected chi connectivity index (χ0v) is 9.78. The van der Waals surface area contributed by atoms with E-state index in [1.165, 1.54) is 0 Å². The minimum absolute atomic E-state index is 0.116. The normalized spacial score (nSPS) is 10.5. The number of nitrogens with zero attached hydrogens (tertiary/aromatic N) is 1. The van der Waals surface area contributed by atoms with Crippen molar-refractivity contribution in [3.8, 4) is 0 Å². The Balaban J connectivity index is 2.89. The predicted molar refractivity (Wildman–Crippen MR) is 64.6 cm³/mol. The highest BCUT2D eigenvalue weighted by atomic mass is 16.6. The van der Waals surface area contributed by atoms with Gasteiger partial charge in [0.25, 0.3) is 5.69 Å². The van der Waals surface area contributed by atoms with Gasteiger partial charge in [-0.3, -0.25) is 10.1 Å². The second kappa shape index (κ2) is 5.46. The van der Waals surface area contributed by atoms with E-state index in [0.29, 0.717) is 18.3 Å². The van der Waals surface area contributed by atoms with Crippen molar-refractivity contribution in [3.63, 3.8) is 0 Å². The van der Waals surface area contributed by atoms with E-state index in [2.05, 4.69) is 10.6 Å². The molecule has 0 heterocycles. The lowest BCUT2D eigenvalue weighted by Gasteiger charge is -2.09. The van der Waals surface area contributed by atoms with Crippen LogP contribution in [0.3, 0.4) is 0 Å². The zero-order valence-electron chi connectivity index (χ0n) is 9.78. The summed E-state index contributed by atoms with van der Waals surface area (Å²) in [6, 6.07) is 5.58. The van der Waals surface area contributed by atoms with Crippen LogP contribution >= 0.6 is 0 Å². The fourth-order valence-corrected chi connectivity index (χ4v) is 1.37. The van der Waals surface area contributed by atoms with Crippen LogP contribution in [0.4, 0.5) is 11.4 Å². The van der Waals surface area contributed by atoms with Crippen LogP contribution in [0.1, 0.15) is 19.4 Å². The van der Waals surface area contributed by atoms with E-state index >= 15 is 0 Å². The average Bonchev–Trinajstić information content (AvgIpc) is 2.25. The molecule has 0 aliphatic heterocycles. The Hall–Kier alpha value is -1.62. The van der Waals surface area contributed by atoms with Crippen LogP contribution in [0.2, 0.25) is 0 Å². The summed E-state index contributed by atoms with van der Waals surface area (Å²) in [6.45, 7) is 4.72. The lowest BCUT2D eigenvalue weighted by molar-refractivity contribution is -0.384. The lowest BCUT2D eigenvalue weighted by Crippen LogP contribution is -2.21. The van der Waals surface area contributed by atoms with Gasteiger partial charge in [0, 0.05) is 25.7 Å². The molecule has 16 heavy (non-hydrogen) atoms. The van der Waals surface area contributed by atoms with Crippen molar-refractivity contribution in [2.75, 3.05) is 12.4 Å². The molecule has 0 spiro atoms. The molecule has 0 aliphatic carbocycles.